The van der Waals surface area contributed by atoms with Gasteiger partial charge in [0.05, 0.1) is 0 Å². The molecule has 4 heteroatoms. The van der Waals surface area contributed by atoms with Crippen molar-refractivity contribution in [2.75, 3.05) is 33.1 Å². The molecule has 3 rings (SSSR count). The topological polar surface area (TPSA) is 32.5 Å². The second-order valence-corrected chi connectivity index (χ2v) is 5.90. The number of aromatic nitrogens is 1. The fraction of sp³-hybridized carbons (Fsp3) is 0.211. The second-order valence-electron chi connectivity index (χ2n) is 5.90. The van der Waals surface area contributed by atoms with Gasteiger partial charge in [0.1, 0.15) is 11.2 Å². The van der Waals surface area contributed by atoms with Gasteiger partial charge in [0, 0.05) is 39.9 Å². The van der Waals surface area contributed by atoms with Crippen LogP contribution in [0, 0.1) is 0 Å². The number of hydrogen-bond acceptors (Lipinski definition) is 4. The molecule has 0 bridgehead atoms. The normalized spacial score (nSPS) is 11.7. The van der Waals surface area contributed by atoms with Crippen molar-refractivity contribution in [1.29, 1.82) is 0 Å². The van der Waals surface area contributed by atoms with E-state index in [1.54, 1.807) is 0 Å². The first-order valence-electron chi connectivity index (χ1n) is 7.57. The van der Waals surface area contributed by atoms with Gasteiger partial charge in [-0.25, -0.2) is 4.98 Å². The molecular weight excluding hydrogens is 286 g/mol. The monoisotopic (exact) mass is 307 g/mol. The zero-order valence-electron chi connectivity index (χ0n) is 13.9. The van der Waals surface area contributed by atoms with Gasteiger partial charge < -0.3 is 14.2 Å². The smallest absolute Gasteiger partial charge is 0.243 e. The van der Waals surface area contributed by atoms with Gasteiger partial charge in [-0.3, -0.25) is 0 Å². The Morgan fingerprint density at radius 2 is 1.74 bits per heavy atom. The molecule has 0 saturated heterocycles. The summed E-state index contributed by atoms with van der Waals surface area (Å²) >= 11 is 0. The average molecular weight is 307 g/mol. The molecule has 118 valence electrons. The molecular formula is C19H21N3O. The highest BCUT2D eigenvalue weighted by atomic mass is 16.3. The summed E-state index contributed by atoms with van der Waals surface area (Å²) in [6.07, 6.45) is 2.08. The van der Waals surface area contributed by atoms with Crippen LogP contribution < -0.4 is 4.90 Å². The van der Waals surface area contributed by atoms with Crippen LogP contribution in [0.15, 0.2) is 52.9 Å². The predicted octanol–water partition coefficient (Wildman–Crippen LogP) is 3.95. The van der Waals surface area contributed by atoms with E-state index >= 15 is 0 Å². The third-order valence-corrected chi connectivity index (χ3v) is 3.69. The average Bonchev–Trinajstić information content (AvgIpc) is 2.95. The van der Waals surface area contributed by atoms with Crippen molar-refractivity contribution in [3.8, 4) is 0 Å². The molecule has 0 spiro atoms. The van der Waals surface area contributed by atoms with E-state index in [1.165, 1.54) is 0 Å². The Balaban J connectivity index is 2.07. The second kappa shape index (κ2) is 6.16. The SMILES string of the molecule is CN(C)C(=Cc1ccccc1)c1nc2ccc(N(C)C)cc2o1. The first kappa shape index (κ1) is 15.2. The minimum absolute atomic E-state index is 0.629. The van der Waals surface area contributed by atoms with Crippen molar-refractivity contribution in [2.24, 2.45) is 0 Å². The van der Waals surface area contributed by atoms with E-state index in [4.69, 9.17) is 4.42 Å². The summed E-state index contributed by atoms with van der Waals surface area (Å²) in [6.45, 7) is 0. The van der Waals surface area contributed by atoms with Crippen LogP contribution >= 0.6 is 0 Å². The van der Waals surface area contributed by atoms with Crippen molar-refractivity contribution in [2.45, 2.75) is 0 Å². The lowest BCUT2D eigenvalue weighted by Crippen LogP contribution is -2.10. The Hall–Kier alpha value is -2.75. The lowest BCUT2D eigenvalue weighted by atomic mass is 10.2. The Labute approximate surface area is 136 Å². The van der Waals surface area contributed by atoms with Crippen molar-refractivity contribution in [3.05, 3.63) is 60.0 Å². The number of fused-ring (bicyclic) bond motifs is 1. The van der Waals surface area contributed by atoms with Gasteiger partial charge in [-0.15, -0.1) is 0 Å². The van der Waals surface area contributed by atoms with Crippen molar-refractivity contribution >= 4 is 28.6 Å². The van der Waals surface area contributed by atoms with Crippen molar-refractivity contribution in [3.63, 3.8) is 0 Å². The summed E-state index contributed by atoms with van der Waals surface area (Å²) in [5, 5.41) is 0. The number of anilines is 1. The zero-order chi connectivity index (χ0) is 16.4. The molecule has 4 nitrogen and oxygen atoms in total. The summed E-state index contributed by atoms with van der Waals surface area (Å²) in [6, 6.07) is 16.2. The first-order chi connectivity index (χ1) is 11.0. The Morgan fingerprint density at radius 1 is 1.00 bits per heavy atom. The van der Waals surface area contributed by atoms with E-state index in [0.717, 1.165) is 28.0 Å². The highest BCUT2D eigenvalue weighted by Crippen LogP contribution is 2.26. The van der Waals surface area contributed by atoms with Crippen LogP contribution in [0.3, 0.4) is 0 Å². The van der Waals surface area contributed by atoms with E-state index in [9.17, 15) is 0 Å². The van der Waals surface area contributed by atoms with Gasteiger partial charge >= 0.3 is 0 Å². The number of oxazole rings is 1. The van der Waals surface area contributed by atoms with Crippen LogP contribution in [-0.4, -0.2) is 38.1 Å². The molecule has 0 aliphatic heterocycles. The molecule has 0 aliphatic rings. The largest absolute Gasteiger partial charge is 0.435 e. The van der Waals surface area contributed by atoms with Crippen LogP contribution in [0.2, 0.25) is 0 Å². The molecule has 3 aromatic rings. The van der Waals surface area contributed by atoms with Gasteiger partial charge in [0.25, 0.3) is 0 Å². The zero-order valence-corrected chi connectivity index (χ0v) is 13.9. The maximum absolute atomic E-state index is 6.01. The molecule has 1 aromatic heterocycles. The minimum atomic E-state index is 0.629. The molecule has 0 N–H and O–H groups in total. The predicted molar refractivity (Wildman–Crippen MR) is 96.3 cm³/mol. The maximum atomic E-state index is 6.01. The standard InChI is InChI=1S/C19H21N3O/c1-21(2)15-10-11-16-18(13-15)23-19(20-16)17(22(3)4)12-14-8-6-5-7-9-14/h5-13H,1-4H3. The lowest BCUT2D eigenvalue weighted by Gasteiger charge is -2.14. The summed E-state index contributed by atoms with van der Waals surface area (Å²) in [5.41, 5.74) is 4.82. The van der Waals surface area contributed by atoms with Gasteiger partial charge in [0.2, 0.25) is 5.89 Å². The van der Waals surface area contributed by atoms with Crippen LogP contribution in [-0.2, 0) is 0 Å². The molecule has 1 heterocycles. The minimum Gasteiger partial charge on any atom is -0.435 e. The molecule has 0 fully saturated rings. The summed E-state index contributed by atoms with van der Waals surface area (Å²) in [7, 11) is 8.02. The molecule has 2 aromatic carbocycles. The quantitative estimate of drug-likeness (QED) is 0.730. The molecule has 23 heavy (non-hydrogen) atoms. The fourth-order valence-electron chi connectivity index (χ4n) is 2.39. The fourth-order valence-corrected chi connectivity index (χ4v) is 2.39. The Morgan fingerprint density at radius 3 is 2.39 bits per heavy atom. The van der Waals surface area contributed by atoms with Crippen LogP contribution in [0.25, 0.3) is 22.9 Å². The Bertz CT molecular complexity index is 832. The number of nitrogens with zero attached hydrogens (tertiary/aromatic N) is 3. The van der Waals surface area contributed by atoms with Gasteiger partial charge in [-0.05, 0) is 23.8 Å². The third kappa shape index (κ3) is 3.21. The summed E-state index contributed by atoms with van der Waals surface area (Å²) in [4.78, 5) is 8.70. The number of rotatable bonds is 4. The van der Waals surface area contributed by atoms with E-state index in [1.807, 2.05) is 74.4 Å². The van der Waals surface area contributed by atoms with E-state index in [0.29, 0.717) is 5.89 Å². The van der Waals surface area contributed by atoms with E-state index in [-0.39, 0.29) is 0 Å². The maximum Gasteiger partial charge on any atom is 0.243 e. The van der Waals surface area contributed by atoms with E-state index in [2.05, 4.69) is 23.2 Å². The van der Waals surface area contributed by atoms with Gasteiger partial charge in [-0.2, -0.15) is 0 Å². The number of benzene rings is 2. The van der Waals surface area contributed by atoms with Crippen LogP contribution in [0.4, 0.5) is 5.69 Å². The molecule has 0 unspecified atom stereocenters. The highest BCUT2D eigenvalue weighted by Gasteiger charge is 2.13. The summed E-state index contributed by atoms with van der Waals surface area (Å²) < 4.78 is 6.01. The van der Waals surface area contributed by atoms with Crippen molar-refractivity contribution in [1.82, 2.24) is 9.88 Å². The molecule has 0 atom stereocenters. The first-order valence-corrected chi connectivity index (χ1v) is 7.57. The molecule has 0 radical (unpaired) electrons. The van der Waals surface area contributed by atoms with Gasteiger partial charge in [0.15, 0.2) is 5.58 Å². The van der Waals surface area contributed by atoms with E-state index < -0.39 is 0 Å². The molecule has 0 saturated carbocycles. The molecule has 0 aliphatic carbocycles. The van der Waals surface area contributed by atoms with Crippen molar-refractivity contribution < 1.29 is 4.42 Å². The summed E-state index contributed by atoms with van der Waals surface area (Å²) in [5.74, 6) is 0.629. The Kier molecular flexibility index (Phi) is 4.06. The van der Waals surface area contributed by atoms with Crippen LogP contribution in [0.1, 0.15) is 11.5 Å². The number of hydrogen-bond donors (Lipinski definition) is 0. The van der Waals surface area contributed by atoms with Crippen LogP contribution in [0.5, 0.6) is 0 Å². The highest BCUT2D eigenvalue weighted by molar-refractivity contribution is 5.83. The lowest BCUT2D eigenvalue weighted by molar-refractivity contribution is 0.523. The van der Waals surface area contributed by atoms with Gasteiger partial charge in [-0.1, -0.05) is 30.3 Å². The third-order valence-electron chi connectivity index (χ3n) is 3.69. The molecule has 0 amide bonds.